The van der Waals surface area contributed by atoms with Crippen LogP contribution in [0.15, 0.2) is 0 Å². The van der Waals surface area contributed by atoms with Gasteiger partial charge in [-0.2, -0.15) is 0 Å². The predicted octanol–water partition coefficient (Wildman–Crippen LogP) is -1.66. The highest BCUT2D eigenvalue weighted by Gasteiger charge is 2.35. The molecule has 6 nitrogen and oxygen atoms in total. The number of ether oxygens (including phenoxy) is 1. The lowest BCUT2D eigenvalue weighted by Crippen LogP contribution is -2.38. The van der Waals surface area contributed by atoms with E-state index in [9.17, 15) is 9.59 Å². The molecule has 1 saturated heterocycles. The van der Waals surface area contributed by atoms with Crippen LogP contribution in [0.4, 0.5) is 0 Å². The summed E-state index contributed by atoms with van der Waals surface area (Å²) in [5, 5.41) is 11.2. The van der Waals surface area contributed by atoms with Crippen molar-refractivity contribution in [3.8, 4) is 0 Å². The summed E-state index contributed by atoms with van der Waals surface area (Å²) in [6, 6.07) is -0.405. The van der Waals surface area contributed by atoms with Gasteiger partial charge < -0.3 is 15.2 Å². The van der Waals surface area contributed by atoms with Gasteiger partial charge in [0.15, 0.2) is 0 Å². The second-order valence-corrected chi connectivity index (χ2v) is 3.64. The summed E-state index contributed by atoms with van der Waals surface area (Å²) >= 11 is 0. The van der Waals surface area contributed by atoms with Crippen molar-refractivity contribution in [2.45, 2.75) is 18.5 Å². The molecule has 1 fully saturated rings. The highest BCUT2D eigenvalue weighted by molar-refractivity contribution is 5.78. The Morgan fingerprint density at radius 1 is 1.60 bits per heavy atom. The third kappa shape index (κ3) is 2.90. The van der Waals surface area contributed by atoms with Gasteiger partial charge in [0.2, 0.25) is 5.91 Å². The van der Waals surface area contributed by atoms with Gasteiger partial charge in [0.25, 0.3) is 0 Å². The van der Waals surface area contributed by atoms with Crippen LogP contribution in [0.3, 0.4) is 0 Å². The Hall–Kier alpha value is -1.14. The van der Waals surface area contributed by atoms with E-state index in [1.165, 1.54) is 7.11 Å². The number of likely N-dealkylation sites (N-methyl/N-ethyl adjacent to an activating group) is 1. The van der Waals surface area contributed by atoms with Crippen molar-refractivity contribution < 1.29 is 19.4 Å². The third-order valence-corrected chi connectivity index (χ3v) is 2.53. The minimum absolute atomic E-state index is 0.0984. The smallest absolute Gasteiger partial charge is 0.323 e. The molecule has 1 amide bonds. The molecule has 0 radical (unpaired) electrons. The Morgan fingerprint density at radius 2 is 2.27 bits per heavy atom. The molecule has 1 aliphatic heterocycles. The molecule has 1 rings (SSSR count). The molecule has 0 aromatic carbocycles. The van der Waals surface area contributed by atoms with Crippen molar-refractivity contribution in [1.29, 1.82) is 0 Å². The number of aliphatic hydroxyl groups is 1. The molecule has 0 spiro atoms. The fourth-order valence-electron chi connectivity index (χ4n) is 1.79. The fourth-order valence-corrected chi connectivity index (χ4v) is 1.79. The van der Waals surface area contributed by atoms with Crippen LogP contribution in [0.5, 0.6) is 0 Å². The maximum Gasteiger partial charge on any atom is 0.323 e. The van der Waals surface area contributed by atoms with E-state index in [1.54, 1.807) is 7.05 Å². The van der Waals surface area contributed by atoms with Gasteiger partial charge in [-0.3, -0.25) is 14.5 Å². The number of hydrogen-bond acceptors (Lipinski definition) is 5. The monoisotopic (exact) mass is 216 g/mol. The van der Waals surface area contributed by atoms with Crippen LogP contribution in [0.2, 0.25) is 0 Å². The number of amides is 1. The average Bonchev–Trinajstić information content (AvgIpc) is 2.58. The number of rotatable bonds is 3. The Balaban J connectivity index is 2.48. The predicted molar refractivity (Wildman–Crippen MR) is 52.1 cm³/mol. The molecule has 1 heterocycles. The molecule has 0 aromatic heterocycles. The largest absolute Gasteiger partial charge is 0.468 e. The molecule has 6 heteroatoms. The van der Waals surface area contributed by atoms with Crippen molar-refractivity contribution >= 4 is 11.9 Å². The number of carbonyl (C=O) groups is 2. The number of methoxy groups -OCH3 is 1. The molecule has 15 heavy (non-hydrogen) atoms. The van der Waals surface area contributed by atoms with Gasteiger partial charge in [-0.15, -0.1) is 0 Å². The van der Waals surface area contributed by atoms with Gasteiger partial charge in [-0.25, -0.2) is 0 Å². The minimum Gasteiger partial charge on any atom is -0.468 e. The van der Waals surface area contributed by atoms with Gasteiger partial charge in [0.05, 0.1) is 7.11 Å². The molecular weight excluding hydrogens is 200 g/mol. The maximum atomic E-state index is 11.3. The van der Waals surface area contributed by atoms with E-state index < -0.39 is 12.5 Å². The summed E-state index contributed by atoms with van der Waals surface area (Å²) in [5.74, 6) is -0.711. The zero-order valence-electron chi connectivity index (χ0n) is 8.90. The second-order valence-electron chi connectivity index (χ2n) is 3.64. The molecule has 0 unspecified atom stereocenters. The molecule has 0 aromatic rings. The molecule has 1 aliphatic rings. The van der Waals surface area contributed by atoms with E-state index in [0.29, 0.717) is 13.0 Å². The van der Waals surface area contributed by atoms with Crippen LogP contribution in [-0.2, 0) is 14.3 Å². The highest BCUT2D eigenvalue weighted by atomic mass is 16.5. The molecule has 0 bridgehead atoms. The lowest BCUT2D eigenvalue weighted by molar-refractivity contribution is -0.145. The Labute approximate surface area is 88.2 Å². The van der Waals surface area contributed by atoms with E-state index in [1.807, 2.05) is 4.90 Å². The topological polar surface area (TPSA) is 78.9 Å². The second kappa shape index (κ2) is 5.09. The van der Waals surface area contributed by atoms with Crippen LogP contribution >= 0.6 is 0 Å². The number of carbonyl (C=O) groups excluding carboxylic acids is 2. The molecule has 86 valence electrons. The number of nitrogens with one attached hydrogen (secondary N) is 1. The number of nitrogens with zero attached hydrogens (tertiary/aromatic N) is 1. The van der Waals surface area contributed by atoms with Crippen LogP contribution < -0.4 is 5.32 Å². The number of hydrogen-bond donors (Lipinski definition) is 2. The summed E-state index contributed by atoms with van der Waals surface area (Å²) in [6.07, 6.45) is 0.523. The zero-order valence-corrected chi connectivity index (χ0v) is 8.90. The standard InChI is InChI=1S/C9H16N2O4/c1-11-4-6(10-8(13)5-12)3-7(11)9(14)15-2/h6-7,12H,3-5H2,1-2H3,(H,10,13)/t6-,7-/m0/s1. The van der Waals surface area contributed by atoms with E-state index in [2.05, 4.69) is 10.1 Å². The first-order valence-electron chi connectivity index (χ1n) is 4.76. The highest BCUT2D eigenvalue weighted by Crippen LogP contribution is 2.16. The molecule has 2 N–H and O–H groups in total. The van der Waals surface area contributed by atoms with E-state index in [-0.39, 0.29) is 18.1 Å². The summed E-state index contributed by atoms with van der Waals surface area (Å²) < 4.78 is 4.64. The SMILES string of the molecule is COC(=O)[C@@H]1C[C@H](NC(=O)CO)CN1C. The van der Waals surface area contributed by atoms with Crippen molar-refractivity contribution in [1.82, 2.24) is 10.2 Å². The van der Waals surface area contributed by atoms with E-state index >= 15 is 0 Å². The molecular formula is C9H16N2O4. The van der Waals surface area contributed by atoms with E-state index in [0.717, 1.165) is 0 Å². The fraction of sp³-hybridized carbons (Fsp3) is 0.778. The third-order valence-electron chi connectivity index (χ3n) is 2.53. The lowest BCUT2D eigenvalue weighted by atomic mass is 10.2. The Bertz CT molecular complexity index is 256. The maximum absolute atomic E-state index is 11.3. The van der Waals surface area contributed by atoms with Crippen molar-refractivity contribution in [2.75, 3.05) is 27.3 Å². The first-order valence-corrected chi connectivity index (χ1v) is 4.76. The van der Waals surface area contributed by atoms with Crippen molar-refractivity contribution in [2.24, 2.45) is 0 Å². The van der Waals surface area contributed by atoms with Gasteiger partial charge >= 0.3 is 5.97 Å². The summed E-state index contributed by atoms with van der Waals surface area (Å²) in [4.78, 5) is 24.1. The lowest BCUT2D eigenvalue weighted by Gasteiger charge is -2.15. The number of aliphatic hydroxyl groups excluding tert-OH is 1. The van der Waals surface area contributed by atoms with Crippen molar-refractivity contribution in [3.63, 3.8) is 0 Å². The summed E-state index contributed by atoms with van der Waals surface area (Å²) in [6.45, 7) is 0.0641. The molecule has 0 aliphatic carbocycles. The van der Waals surface area contributed by atoms with Gasteiger partial charge in [-0.05, 0) is 13.5 Å². The van der Waals surface area contributed by atoms with Crippen LogP contribution in [0.25, 0.3) is 0 Å². The first kappa shape index (κ1) is 11.9. The summed E-state index contributed by atoms with van der Waals surface area (Å²) in [5.41, 5.74) is 0. The van der Waals surface area contributed by atoms with Gasteiger partial charge in [0, 0.05) is 12.6 Å². The quantitative estimate of drug-likeness (QED) is 0.552. The first-order chi connectivity index (χ1) is 7.08. The molecule has 2 atom stereocenters. The van der Waals surface area contributed by atoms with Gasteiger partial charge in [0.1, 0.15) is 12.6 Å². The average molecular weight is 216 g/mol. The van der Waals surface area contributed by atoms with E-state index in [4.69, 9.17) is 5.11 Å². The minimum atomic E-state index is -0.525. The van der Waals surface area contributed by atoms with Crippen LogP contribution in [-0.4, -0.2) is 61.3 Å². The Kier molecular flexibility index (Phi) is 4.05. The Morgan fingerprint density at radius 3 is 2.80 bits per heavy atom. The van der Waals surface area contributed by atoms with Crippen molar-refractivity contribution in [3.05, 3.63) is 0 Å². The van der Waals surface area contributed by atoms with Gasteiger partial charge in [-0.1, -0.05) is 0 Å². The number of likely N-dealkylation sites (tertiary alicyclic amines) is 1. The molecule has 0 saturated carbocycles. The zero-order chi connectivity index (χ0) is 11.4. The summed E-state index contributed by atoms with van der Waals surface area (Å²) in [7, 11) is 3.14. The van der Waals surface area contributed by atoms with Crippen LogP contribution in [0.1, 0.15) is 6.42 Å². The number of esters is 1. The normalized spacial score (nSPS) is 26.3. The van der Waals surface area contributed by atoms with Crippen LogP contribution in [0, 0.1) is 0 Å².